The number of halogens is 4. The van der Waals surface area contributed by atoms with Gasteiger partial charge in [-0.25, -0.2) is 4.98 Å². The molecule has 0 spiro atoms. The molecule has 2 aromatic rings. The molecule has 1 aromatic carbocycles. The normalized spacial score (nSPS) is 22.0. The summed E-state index contributed by atoms with van der Waals surface area (Å²) in [7, 11) is 0. The number of pyridine rings is 1. The molecular formula is C18H18ClF3N2O. The average Bonchev–Trinajstić information content (AvgIpc) is 3.05. The summed E-state index contributed by atoms with van der Waals surface area (Å²) < 4.78 is 43.6. The van der Waals surface area contributed by atoms with Crippen LogP contribution < -0.4 is 10.1 Å². The van der Waals surface area contributed by atoms with Crippen LogP contribution in [0.2, 0.25) is 5.02 Å². The lowest BCUT2D eigenvalue weighted by atomic mass is 9.86. The maximum atomic E-state index is 12.6. The molecule has 25 heavy (non-hydrogen) atoms. The topological polar surface area (TPSA) is 34.1 Å². The Balaban J connectivity index is 1.69. The van der Waals surface area contributed by atoms with Crippen LogP contribution in [0.3, 0.4) is 0 Å². The minimum Gasteiger partial charge on any atom is -0.474 e. The van der Waals surface area contributed by atoms with Crippen molar-refractivity contribution >= 4 is 11.6 Å². The lowest BCUT2D eigenvalue weighted by Crippen LogP contribution is -2.29. The number of rotatable bonds is 4. The van der Waals surface area contributed by atoms with Crippen LogP contribution in [0.1, 0.15) is 24.0 Å². The van der Waals surface area contributed by atoms with Gasteiger partial charge >= 0.3 is 6.18 Å². The van der Waals surface area contributed by atoms with E-state index in [2.05, 4.69) is 10.3 Å². The van der Waals surface area contributed by atoms with Crippen molar-refractivity contribution < 1.29 is 17.9 Å². The number of hydrogen-bond acceptors (Lipinski definition) is 3. The Morgan fingerprint density at radius 2 is 1.88 bits per heavy atom. The third-order valence-corrected chi connectivity index (χ3v) is 4.78. The van der Waals surface area contributed by atoms with Crippen molar-refractivity contribution in [2.45, 2.75) is 25.1 Å². The molecule has 0 amide bonds. The molecule has 0 radical (unpaired) electrons. The van der Waals surface area contributed by atoms with Gasteiger partial charge in [0.15, 0.2) is 0 Å². The minimum atomic E-state index is -4.40. The Labute approximate surface area is 149 Å². The van der Waals surface area contributed by atoms with Gasteiger partial charge in [0.05, 0.1) is 5.56 Å². The summed E-state index contributed by atoms with van der Waals surface area (Å²) in [5, 5.41) is 4.03. The fourth-order valence-corrected chi connectivity index (χ4v) is 3.29. The molecule has 0 saturated carbocycles. The first-order valence-corrected chi connectivity index (χ1v) is 8.38. The smallest absolute Gasteiger partial charge is 0.417 e. The number of hydrogen-bond donors (Lipinski definition) is 1. The third-order valence-electron chi connectivity index (χ3n) is 4.53. The standard InChI is InChI=1S/C18H18ClF3N2O/c1-11(25-17-7-4-13(8-24-17)18(20,21)22)15-9-23-10-16(15)12-2-5-14(19)6-3-12/h2-8,11,15-16,23H,9-10H2,1H3/t11-,15+,16+/m0/s1. The molecule has 134 valence electrons. The number of alkyl halides is 3. The lowest BCUT2D eigenvalue weighted by Gasteiger charge is -2.25. The quantitative estimate of drug-likeness (QED) is 0.859. The van der Waals surface area contributed by atoms with Crippen LogP contribution in [0.5, 0.6) is 5.88 Å². The Kier molecular flexibility index (Phi) is 5.20. The summed E-state index contributed by atoms with van der Waals surface area (Å²) in [6.45, 7) is 3.51. The molecular weight excluding hydrogens is 353 g/mol. The van der Waals surface area contributed by atoms with E-state index in [1.165, 1.54) is 6.07 Å². The molecule has 2 heterocycles. The number of benzene rings is 1. The molecule has 1 N–H and O–H groups in total. The van der Waals surface area contributed by atoms with Gasteiger partial charge in [-0.15, -0.1) is 0 Å². The largest absolute Gasteiger partial charge is 0.474 e. The number of aromatic nitrogens is 1. The van der Waals surface area contributed by atoms with E-state index in [1.54, 1.807) is 0 Å². The van der Waals surface area contributed by atoms with Gasteiger partial charge in [-0.3, -0.25) is 0 Å². The van der Waals surface area contributed by atoms with Crippen molar-refractivity contribution in [2.24, 2.45) is 5.92 Å². The first kappa shape index (κ1) is 18.0. The van der Waals surface area contributed by atoms with E-state index in [0.29, 0.717) is 5.02 Å². The molecule has 0 unspecified atom stereocenters. The van der Waals surface area contributed by atoms with Gasteiger partial charge in [0.25, 0.3) is 0 Å². The molecule has 3 rings (SSSR count). The van der Waals surface area contributed by atoms with Gasteiger partial charge in [0.1, 0.15) is 6.10 Å². The Bertz CT molecular complexity index is 704. The zero-order valence-electron chi connectivity index (χ0n) is 13.6. The van der Waals surface area contributed by atoms with Gasteiger partial charge in [0, 0.05) is 42.2 Å². The van der Waals surface area contributed by atoms with E-state index < -0.39 is 11.7 Å². The molecule has 3 nitrogen and oxygen atoms in total. The summed E-state index contributed by atoms with van der Waals surface area (Å²) >= 11 is 5.94. The second-order valence-corrected chi connectivity index (χ2v) is 6.62. The van der Waals surface area contributed by atoms with Crippen LogP contribution in [0.15, 0.2) is 42.6 Å². The third kappa shape index (κ3) is 4.25. The molecule has 1 aliphatic heterocycles. The Hall–Kier alpha value is -1.79. The predicted octanol–water partition coefficient (Wildman–Crippen LogP) is 4.52. The molecule has 7 heteroatoms. The van der Waals surface area contributed by atoms with E-state index in [1.807, 2.05) is 31.2 Å². The van der Waals surface area contributed by atoms with Gasteiger partial charge in [-0.2, -0.15) is 13.2 Å². The van der Waals surface area contributed by atoms with Crippen molar-refractivity contribution in [3.63, 3.8) is 0 Å². The summed E-state index contributed by atoms with van der Waals surface area (Å²) in [5.74, 6) is 0.634. The van der Waals surface area contributed by atoms with Gasteiger partial charge in [0.2, 0.25) is 5.88 Å². The van der Waals surface area contributed by atoms with Crippen molar-refractivity contribution in [3.8, 4) is 5.88 Å². The monoisotopic (exact) mass is 370 g/mol. The van der Waals surface area contributed by atoms with E-state index in [-0.39, 0.29) is 23.8 Å². The van der Waals surface area contributed by atoms with Crippen molar-refractivity contribution in [1.82, 2.24) is 10.3 Å². The van der Waals surface area contributed by atoms with Crippen molar-refractivity contribution in [1.29, 1.82) is 0 Å². The molecule has 1 aliphatic rings. The minimum absolute atomic E-state index is 0.185. The zero-order valence-corrected chi connectivity index (χ0v) is 14.3. The van der Waals surface area contributed by atoms with Crippen LogP contribution in [0.4, 0.5) is 13.2 Å². The number of nitrogens with zero attached hydrogens (tertiary/aromatic N) is 1. The first-order valence-electron chi connectivity index (χ1n) is 8.00. The second kappa shape index (κ2) is 7.22. The highest BCUT2D eigenvalue weighted by molar-refractivity contribution is 6.30. The van der Waals surface area contributed by atoms with Crippen molar-refractivity contribution in [2.75, 3.05) is 13.1 Å². The first-order chi connectivity index (χ1) is 11.8. The maximum Gasteiger partial charge on any atom is 0.417 e. The Morgan fingerprint density at radius 3 is 2.48 bits per heavy atom. The van der Waals surface area contributed by atoms with Crippen LogP contribution in [-0.4, -0.2) is 24.2 Å². The molecule has 3 atom stereocenters. The van der Waals surface area contributed by atoms with Gasteiger partial charge < -0.3 is 10.1 Å². The molecule has 1 fully saturated rings. The van der Waals surface area contributed by atoms with Crippen molar-refractivity contribution in [3.05, 3.63) is 58.7 Å². The number of nitrogens with one attached hydrogen (secondary N) is 1. The zero-order chi connectivity index (χ0) is 18.0. The van der Waals surface area contributed by atoms with Crippen LogP contribution in [0, 0.1) is 5.92 Å². The summed E-state index contributed by atoms with van der Waals surface area (Å²) in [6.07, 6.45) is -3.79. The highest BCUT2D eigenvalue weighted by Crippen LogP contribution is 2.33. The van der Waals surface area contributed by atoms with E-state index in [4.69, 9.17) is 16.3 Å². The lowest BCUT2D eigenvalue weighted by molar-refractivity contribution is -0.137. The summed E-state index contributed by atoms with van der Waals surface area (Å²) in [6, 6.07) is 9.95. The van der Waals surface area contributed by atoms with E-state index in [9.17, 15) is 13.2 Å². The van der Waals surface area contributed by atoms with Crippen LogP contribution in [-0.2, 0) is 6.18 Å². The van der Waals surface area contributed by atoms with Gasteiger partial charge in [-0.1, -0.05) is 23.7 Å². The fraction of sp³-hybridized carbons (Fsp3) is 0.389. The van der Waals surface area contributed by atoms with Gasteiger partial charge in [-0.05, 0) is 30.7 Å². The Morgan fingerprint density at radius 1 is 1.16 bits per heavy atom. The van der Waals surface area contributed by atoms with E-state index >= 15 is 0 Å². The van der Waals surface area contributed by atoms with Crippen LogP contribution >= 0.6 is 11.6 Å². The number of ether oxygens (including phenoxy) is 1. The predicted molar refractivity (Wildman–Crippen MR) is 89.9 cm³/mol. The highest BCUT2D eigenvalue weighted by Gasteiger charge is 2.34. The summed E-state index contributed by atoms with van der Waals surface area (Å²) in [4.78, 5) is 3.79. The molecule has 1 aromatic heterocycles. The molecule has 0 aliphatic carbocycles. The summed E-state index contributed by atoms with van der Waals surface area (Å²) in [5.41, 5.74) is 0.379. The van der Waals surface area contributed by atoms with Crippen LogP contribution in [0.25, 0.3) is 0 Å². The van der Waals surface area contributed by atoms with E-state index in [0.717, 1.165) is 30.9 Å². The fourth-order valence-electron chi connectivity index (χ4n) is 3.16. The maximum absolute atomic E-state index is 12.6. The SMILES string of the molecule is C[C@H](Oc1ccc(C(F)(F)F)cn1)[C@H]1CNC[C@@H]1c1ccc(Cl)cc1. The molecule has 0 bridgehead atoms. The average molecular weight is 371 g/mol. The molecule has 1 saturated heterocycles. The highest BCUT2D eigenvalue weighted by atomic mass is 35.5. The second-order valence-electron chi connectivity index (χ2n) is 6.19.